The van der Waals surface area contributed by atoms with E-state index in [4.69, 9.17) is 4.42 Å². The van der Waals surface area contributed by atoms with Gasteiger partial charge in [0, 0.05) is 23.4 Å². The first-order chi connectivity index (χ1) is 11.6. The molecule has 3 rings (SSSR count). The van der Waals surface area contributed by atoms with Crippen molar-refractivity contribution in [2.45, 2.75) is 13.1 Å². The summed E-state index contributed by atoms with van der Waals surface area (Å²) in [5, 5.41) is 2.94. The van der Waals surface area contributed by atoms with Gasteiger partial charge in [-0.25, -0.2) is 4.79 Å². The largest absolute Gasteiger partial charge is 0.467 e. The van der Waals surface area contributed by atoms with Crippen LogP contribution in [0.4, 0.5) is 10.5 Å². The highest BCUT2D eigenvalue weighted by Crippen LogP contribution is 2.22. The van der Waals surface area contributed by atoms with Crippen LogP contribution >= 0.6 is 15.9 Å². The lowest BCUT2D eigenvalue weighted by molar-refractivity contribution is 0.200. The molecular weight excluding hydrogens is 370 g/mol. The molecule has 5 nitrogen and oxygen atoms in total. The quantitative estimate of drug-likeness (QED) is 0.694. The number of carbonyl (C=O) groups is 1. The lowest BCUT2D eigenvalue weighted by atomic mass is 10.3. The van der Waals surface area contributed by atoms with Gasteiger partial charge in [-0.2, -0.15) is 0 Å². The highest BCUT2D eigenvalue weighted by molar-refractivity contribution is 9.10. The first-order valence-corrected chi connectivity index (χ1v) is 8.36. The fraction of sp³-hybridized carbons (Fsp3) is 0.167. The number of benzene rings is 1. The van der Waals surface area contributed by atoms with Gasteiger partial charge in [-0.1, -0.05) is 12.1 Å². The van der Waals surface area contributed by atoms with Crippen molar-refractivity contribution < 1.29 is 9.21 Å². The molecule has 2 aromatic heterocycles. The second-order valence-corrected chi connectivity index (χ2v) is 6.31. The van der Waals surface area contributed by atoms with Crippen molar-refractivity contribution in [3.05, 3.63) is 76.9 Å². The van der Waals surface area contributed by atoms with Gasteiger partial charge in [-0.3, -0.25) is 0 Å². The van der Waals surface area contributed by atoms with Crippen LogP contribution in [-0.4, -0.2) is 15.5 Å². The number of para-hydroxylation sites is 1. The van der Waals surface area contributed by atoms with Crippen molar-refractivity contribution in [3.8, 4) is 0 Å². The number of carbonyl (C=O) groups excluding carboxylic acids is 1. The molecule has 0 aliphatic heterocycles. The van der Waals surface area contributed by atoms with Crippen molar-refractivity contribution in [1.82, 2.24) is 9.47 Å². The zero-order valence-corrected chi connectivity index (χ0v) is 14.9. The molecule has 0 fully saturated rings. The average molecular weight is 388 g/mol. The van der Waals surface area contributed by atoms with Crippen molar-refractivity contribution in [2.75, 3.05) is 5.32 Å². The van der Waals surface area contributed by atoms with Crippen LogP contribution in [0.3, 0.4) is 0 Å². The maximum atomic E-state index is 12.8. The lowest BCUT2D eigenvalue weighted by Gasteiger charge is -2.23. The maximum absolute atomic E-state index is 12.8. The molecule has 24 heavy (non-hydrogen) atoms. The Bertz CT molecular complexity index is 811. The summed E-state index contributed by atoms with van der Waals surface area (Å²) in [6, 6.07) is 15.0. The highest BCUT2D eigenvalue weighted by Gasteiger charge is 2.18. The minimum Gasteiger partial charge on any atom is -0.467 e. The molecule has 124 valence electrons. The molecule has 0 spiro atoms. The van der Waals surface area contributed by atoms with E-state index in [9.17, 15) is 4.79 Å². The van der Waals surface area contributed by atoms with E-state index in [1.54, 1.807) is 11.2 Å². The minimum absolute atomic E-state index is 0.181. The number of furan rings is 1. The normalized spacial score (nSPS) is 10.6. The van der Waals surface area contributed by atoms with Gasteiger partial charge in [0.25, 0.3) is 0 Å². The van der Waals surface area contributed by atoms with Gasteiger partial charge in [0.15, 0.2) is 0 Å². The topological polar surface area (TPSA) is 50.4 Å². The number of nitrogens with one attached hydrogen (secondary N) is 1. The van der Waals surface area contributed by atoms with Crippen molar-refractivity contribution in [3.63, 3.8) is 0 Å². The monoisotopic (exact) mass is 387 g/mol. The van der Waals surface area contributed by atoms with E-state index in [0.717, 1.165) is 21.6 Å². The van der Waals surface area contributed by atoms with Gasteiger partial charge in [-0.05, 0) is 52.3 Å². The van der Waals surface area contributed by atoms with E-state index in [-0.39, 0.29) is 6.03 Å². The highest BCUT2D eigenvalue weighted by atomic mass is 79.9. The Morgan fingerprint density at radius 2 is 2.00 bits per heavy atom. The van der Waals surface area contributed by atoms with Gasteiger partial charge in [0.05, 0.1) is 25.0 Å². The van der Waals surface area contributed by atoms with E-state index < -0.39 is 0 Å². The summed E-state index contributed by atoms with van der Waals surface area (Å²) in [5.74, 6) is 0.742. The average Bonchev–Trinajstić information content (AvgIpc) is 3.21. The molecule has 0 aliphatic rings. The summed E-state index contributed by atoms with van der Waals surface area (Å²) < 4.78 is 8.24. The van der Waals surface area contributed by atoms with Crippen molar-refractivity contribution >= 4 is 27.6 Å². The molecule has 6 heteroatoms. The Labute approximate surface area is 149 Å². The van der Waals surface area contributed by atoms with Crippen LogP contribution in [0.2, 0.25) is 0 Å². The molecule has 0 unspecified atom stereocenters. The van der Waals surface area contributed by atoms with Crippen LogP contribution in [-0.2, 0) is 20.1 Å². The summed E-state index contributed by atoms with van der Waals surface area (Å²) in [5.41, 5.74) is 1.78. The molecular formula is C18H18BrN3O2. The predicted octanol–water partition coefficient (Wildman–Crippen LogP) is 4.61. The van der Waals surface area contributed by atoms with Crippen LogP contribution < -0.4 is 5.32 Å². The maximum Gasteiger partial charge on any atom is 0.322 e. The summed E-state index contributed by atoms with van der Waals surface area (Å²) in [6.45, 7) is 0.884. The molecule has 1 N–H and O–H groups in total. The predicted molar refractivity (Wildman–Crippen MR) is 96.5 cm³/mol. The number of aromatic nitrogens is 1. The van der Waals surface area contributed by atoms with Crippen molar-refractivity contribution in [1.29, 1.82) is 0 Å². The molecule has 0 saturated heterocycles. The van der Waals surface area contributed by atoms with Crippen molar-refractivity contribution in [2.24, 2.45) is 7.05 Å². The van der Waals surface area contributed by atoms with E-state index in [1.807, 2.05) is 66.3 Å². The number of anilines is 1. The van der Waals surface area contributed by atoms with E-state index >= 15 is 0 Å². The molecule has 0 aliphatic carbocycles. The van der Waals surface area contributed by atoms with Crippen LogP contribution in [0.1, 0.15) is 11.5 Å². The Hall–Kier alpha value is -2.47. The smallest absolute Gasteiger partial charge is 0.322 e. The Balaban J connectivity index is 1.79. The van der Waals surface area contributed by atoms with Crippen LogP contribution in [0.25, 0.3) is 0 Å². The van der Waals surface area contributed by atoms with E-state index in [1.165, 1.54) is 0 Å². The number of halogens is 1. The molecule has 0 radical (unpaired) electrons. The number of nitrogens with zero attached hydrogens (tertiary/aromatic N) is 2. The summed E-state index contributed by atoms with van der Waals surface area (Å²) in [7, 11) is 1.96. The summed E-state index contributed by atoms with van der Waals surface area (Å²) in [4.78, 5) is 14.5. The van der Waals surface area contributed by atoms with Gasteiger partial charge in [0.1, 0.15) is 5.76 Å². The number of aryl methyl sites for hydroxylation is 1. The third-order valence-corrected chi connectivity index (χ3v) is 4.43. The molecule has 0 bridgehead atoms. The number of hydrogen-bond acceptors (Lipinski definition) is 2. The zero-order valence-electron chi connectivity index (χ0n) is 13.3. The molecule has 2 amide bonds. The fourth-order valence-electron chi connectivity index (χ4n) is 2.40. The molecule has 0 saturated carbocycles. The number of urea groups is 1. The molecule has 1 aromatic carbocycles. The van der Waals surface area contributed by atoms with Gasteiger partial charge in [-0.15, -0.1) is 0 Å². The fourth-order valence-corrected chi connectivity index (χ4v) is 2.79. The van der Waals surface area contributed by atoms with Crippen LogP contribution in [0.5, 0.6) is 0 Å². The molecule has 0 atom stereocenters. The van der Waals surface area contributed by atoms with Gasteiger partial charge >= 0.3 is 6.03 Å². The second kappa shape index (κ2) is 7.40. The lowest BCUT2D eigenvalue weighted by Crippen LogP contribution is -2.34. The Kier molecular flexibility index (Phi) is 5.05. The first-order valence-electron chi connectivity index (χ1n) is 7.56. The minimum atomic E-state index is -0.181. The number of hydrogen-bond donors (Lipinski definition) is 1. The Morgan fingerprint density at radius 3 is 2.67 bits per heavy atom. The first kappa shape index (κ1) is 16.4. The number of rotatable bonds is 5. The standard InChI is InChI=1S/C18H18BrN3O2/c1-21-10-4-6-14(21)12-22(13-15-7-5-11-24-15)18(23)20-17-9-3-2-8-16(17)19/h2-11H,12-13H2,1H3,(H,20,23). The van der Waals surface area contributed by atoms with Gasteiger partial charge < -0.3 is 19.2 Å². The summed E-state index contributed by atoms with van der Waals surface area (Å²) in [6.07, 6.45) is 3.58. The van der Waals surface area contributed by atoms with E-state index in [0.29, 0.717) is 13.1 Å². The SMILES string of the molecule is Cn1cccc1CN(Cc1ccco1)C(=O)Nc1ccccc1Br. The number of amides is 2. The third-order valence-electron chi connectivity index (χ3n) is 3.73. The summed E-state index contributed by atoms with van der Waals surface area (Å²) >= 11 is 3.45. The third kappa shape index (κ3) is 3.89. The molecule has 3 aromatic rings. The van der Waals surface area contributed by atoms with Crippen LogP contribution in [0, 0.1) is 0 Å². The van der Waals surface area contributed by atoms with E-state index in [2.05, 4.69) is 21.2 Å². The van der Waals surface area contributed by atoms with Gasteiger partial charge in [0.2, 0.25) is 0 Å². The molecule has 2 heterocycles. The van der Waals surface area contributed by atoms with Crippen LogP contribution in [0.15, 0.2) is 69.9 Å². The Morgan fingerprint density at radius 1 is 1.17 bits per heavy atom. The zero-order chi connectivity index (χ0) is 16.9. The second-order valence-electron chi connectivity index (χ2n) is 5.46.